The molecule has 0 saturated heterocycles. The van der Waals surface area contributed by atoms with Crippen LogP contribution < -0.4 is 5.73 Å². The number of pyridine rings is 1. The Labute approximate surface area is 94.7 Å². The van der Waals surface area contributed by atoms with Crippen molar-refractivity contribution in [3.63, 3.8) is 0 Å². The van der Waals surface area contributed by atoms with Crippen LogP contribution >= 0.6 is 0 Å². The highest BCUT2D eigenvalue weighted by molar-refractivity contribution is 5.97. The summed E-state index contributed by atoms with van der Waals surface area (Å²) < 4.78 is 12.7. The lowest BCUT2D eigenvalue weighted by molar-refractivity contribution is 0.584. The molecule has 0 amide bonds. The predicted octanol–water partition coefficient (Wildman–Crippen LogP) is 1.14. The summed E-state index contributed by atoms with van der Waals surface area (Å²) in [5.74, 6) is -0.221. The van der Waals surface area contributed by atoms with Crippen molar-refractivity contribution < 1.29 is 4.39 Å². The van der Waals surface area contributed by atoms with E-state index in [2.05, 4.69) is 25.1 Å². The van der Waals surface area contributed by atoms with Gasteiger partial charge in [-0.3, -0.25) is 5.10 Å². The van der Waals surface area contributed by atoms with E-state index in [0.29, 0.717) is 28.1 Å². The van der Waals surface area contributed by atoms with E-state index in [1.807, 2.05) is 0 Å². The average Bonchev–Trinajstić information content (AvgIpc) is 2.75. The number of rotatable bonds is 1. The van der Waals surface area contributed by atoms with Gasteiger partial charge in [0, 0.05) is 11.8 Å². The third-order valence-electron chi connectivity index (χ3n) is 2.39. The van der Waals surface area contributed by atoms with E-state index in [0.717, 1.165) is 0 Å². The summed E-state index contributed by atoms with van der Waals surface area (Å²) in [6.07, 6.45) is 2.74. The number of hydrogen-bond acceptors (Lipinski definition) is 5. The molecule has 3 aromatic rings. The van der Waals surface area contributed by atoms with Crippen molar-refractivity contribution in [2.75, 3.05) is 5.73 Å². The number of nitrogens with two attached hydrogens (primary N) is 1. The normalized spacial score (nSPS) is 10.9. The van der Waals surface area contributed by atoms with Crippen LogP contribution in [0.5, 0.6) is 0 Å². The summed E-state index contributed by atoms with van der Waals surface area (Å²) in [4.78, 5) is 11.5. The molecule has 0 aliphatic rings. The molecule has 0 spiro atoms. The molecular weight excluding hydrogens is 223 g/mol. The fourth-order valence-corrected chi connectivity index (χ4v) is 1.61. The second-order valence-corrected chi connectivity index (χ2v) is 3.42. The summed E-state index contributed by atoms with van der Waals surface area (Å²) in [7, 11) is 0. The molecule has 0 unspecified atom stereocenters. The van der Waals surface area contributed by atoms with Crippen LogP contribution in [0.25, 0.3) is 22.3 Å². The zero-order valence-corrected chi connectivity index (χ0v) is 8.55. The number of H-pyrrole nitrogens is 1. The second kappa shape index (κ2) is 3.48. The lowest BCUT2D eigenvalue weighted by Gasteiger charge is -1.98. The zero-order valence-electron chi connectivity index (χ0n) is 8.55. The number of nitrogens with one attached hydrogen (secondary N) is 1. The van der Waals surface area contributed by atoms with E-state index in [4.69, 9.17) is 5.73 Å². The Hall–Kier alpha value is -2.57. The predicted molar refractivity (Wildman–Crippen MR) is 59.3 cm³/mol. The van der Waals surface area contributed by atoms with Gasteiger partial charge >= 0.3 is 0 Å². The molecule has 0 saturated carbocycles. The fraction of sp³-hybridized carbons (Fsp3) is 0. The molecule has 0 atom stereocenters. The Morgan fingerprint density at radius 1 is 1.18 bits per heavy atom. The maximum atomic E-state index is 12.7. The molecule has 84 valence electrons. The summed E-state index contributed by atoms with van der Waals surface area (Å²) in [5, 5.41) is 7.44. The number of hydrogen-bond donors (Lipinski definition) is 2. The van der Waals surface area contributed by atoms with Crippen LogP contribution in [-0.2, 0) is 0 Å². The van der Waals surface area contributed by atoms with Crippen molar-refractivity contribution >= 4 is 16.9 Å². The molecular formula is C10H7FN6. The number of halogens is 1. The van der Waals surface area contributed by atoms with Gasteiger partial charge in [0.15, 0.2) is 5.65 Å². The van der Waals surface area contributed by atoms with Crippen LogP contribution in [0.3, 0.4) is 0 Å². The fourth-order valence-electron chi connectivity index (χ4n) is 1.61. The number of nitrogens with zero attached hydrogens (tertiary/aromatic N) is 4. The number of fused-ring (bicyclic) bond motifs is 1. The van der Waals surface area contributed by atoms with Crippen LogP contribution in [-0.4, -0.2) is 25.1 Å². The highest BCUT2D eigenvalue weighted by Gasteiger charge is 2.12. The first kappa shape index (κ1) is 9.64. The second-order valence-electron chi connectivity index (χ2n) is 3.42. The average molecular weight is 230 g/mol. The first-order valence-corrected chi connectivity index (χ1v) is 4.82. The smallest absolute Gasteiger partial charge is 0.212 e. The molecule has 3 heterocycles. The van der Waals surface area contributed by atoms with Gasteiger partial charge in [0.25, 0.3) is 0 Å². The van der Waals surface area contributed by atoms with E-state index < -0.39 is 5.95 Å². The summed E-state index contributed by atoms with van der Waals surface area (Å²) in [6.45, 7) is 0. The minimum Gasteiger partial charge on any atom is -0.383 e. The van der Waals surface area contributed by atoms with Gasteiger partial charge in [0.05, 0.1) is 5.39 Å². The van der Waals surface area contributed by atoms with Gasteiger partial charge in [0.2, 0.25) is 5.95 Å². The minimum absolute atomic E-state index is 0.322. The van der Waals surface area contributed by atoms with Gasteiger partial charge in [-0.05, 0) is 12.1 Å². The van der Waals surface area contributed by atoms with Gasteiger partial charge in [-0.2, -0.15) is 9.49 Å². The van der Waals surface area contributed by atoms with Crippen molar-refractivity contribution in [2.24, 2.45) is 0 Å². The molecule has 0 aliphatic carbocycles. The molecule has 0 radical (unpaired) electrons. The first-order chi connectivity index (χ1) is 8.25. The van der Waals surface area contributed by atoms with Crippen LogP contribution in [0.1, 0.15) is 0 Å². The Morgan fingerprint density at radius 2 is 2.06 bits per heavy atom. The van der Waals surface area contributed by atoms with Crippen LogP contribution in [0, 0.1) is 5.95 Å². The van der Waals surface area contributed by atoms with Crippen molar-refractivity contribution in [3.05, 3.63) is 30.6 Å². The summed E-state index contributed by atoms with van der Waals surface area (Å²) >= 11 is 0. The van der Waals surface area contributed by atoms with Crippen LogP contribution in [0.2, 0.25) is 0 Å². The molecule has 3 aromatic heterocycles. The molecule has 0 fully saturated rings. The van der Waals surface area contributed by atoms with E-state index in [1.165, 1.54) is 18.6 Å². The standard InChI is InChI=1S/C10H7FN6/c11-6-2-1-5(3-13-6)8-7-9(12)14-4-15-10(7)17-16-8/h1-4H,(H3,12,14,15,16,17). The van der Waals surface area contributed by atoms with E-state index in [1.54, 1.807) is 6.07 Å². The summed E-state index contributed by atoms with van der Waals surface area (Å²) in [5.41, 5.74) is 7.51. The lowest BCUT2D eigenvalue weighted by atomic mass is 10.1. The van der Waals surface area contributed by atoms with Gasteiger partial charge in [0.1, 0.15) is 17.8 Å². The van der Waals surface area contributed by atoms with Crippen LogP contribution in [0.4, 0.5) is 10.2 Å². The Morgan fingerprint density at radius 3 is 2.82 bits per heavy atom. The number of aromatic nitrogens is 5. The monoisotopic (exact) mass is 230 g/mol. The molecule has 3 rings (SSSR count). The van der Waals surface area contributed by atoms with E-state index >= 15 is 0 Å². The minimum atomic E-state index is -0.544. The molecule has 17 heavy (non-hydrogen) atoms. The SMILES string of the molecule is Nc1ncnc2[nH]nc(-c3ccc(F)nc3)c12. The van der Waals surface area contributed by atoms with Gasteiger partial charge in [-0.25, -0.2) is 15.0 Å². The van der Waals surface area contributed by atoms with Crippen LogP contribution in [0.15, 0.2) is 24.7 Å². The Bertz CT molecular complexity index is 675. The topological polar surface area (TPSA) is 93.4 Å². The molecule has 0 aliphatic heterocycles. The van der Waals surface area contributed by atoms with Crippen molar-refractivity contribution in [1.82, 2.24) is 25.1 Å². The Kier molecular flexibility index (Phi) is 1.97. The largest absolute Gasteiger partial charge is 0.383 e. The highest BCUT2D eigenvalue weighted by atomic mass is 19.1. The quantitative estimate of drug-likeness (QED) is 0.611. The van der Waals surface area contributed by atoms with Gasteiger partial charge in [-0.1, -0.05) is 0 Å². The molecule has 6 nitrogen and oxygen atoms in total. The first-order valence-electron chi connectivity index (χ1n) is 4.82. The zero-order chi connectivity index (χ0) is 11.8. The van der Waals surface area contributed by atoms with Crippen molar-refractivity contribution in [3.8, 4) is 11.3 Å². The molecule has 3 N–H and O–H groups in total. The van der Waals surface area contributed by atoms with E-state index in [9.17, 15) is 4.39 Å². The molecule has 7 heteroatoms. The maximum Gasteiger partial charge on any atom is 0.212 e. The third-order valence-corrected chi connectivity index (χ3v) is 2.39. The highest BCUT2D eigenvalue weighted by Crippen LogP contribution is 2.27. The number of anilines is 1. The van der Waals surface area contributed by atoms with Crippen molar-refractivity contribution in [1.29, 1.82) is 0 Å². The third kappa shape index (κ3) is 1.48. The maximum absolute atomic E-state index is 12.7. The van der Waals surface area contributed by atoms with Gasteiger partial charge < -0.3 is 5.73 Å². The number of nitrogen functional groups attached to an aromatic ring is 1. The molecule has 0 bridgehead atoms. The summed E-state index contributed by atoms with van der Waals surface area (Å²) in [6, 6.07) is 2.83. The number of aromatic amines is 1. The Balaban J connectivity index is 2.27. The van der Waals surface area contributed by atoms with Gasteiger partial charge in [-0.15, -0.1) is 0 Å². The van der Waals surface area contributed by atoms with E-state index in [-0.39, 0.29) is 0 Å². The lowest BCUT2D eigenvalue weighted by Crippen LogP contribution is -1.93. The molecule has 0 aromatic carbocycles. The van der Waals surface area contributed by atoms with Crippen molar-refractivity contribution in [2.45, 2.75) is 0 Å².